The third kappa shape index (κ3) is 4.11. The molecule has 2 atom stereocenters. The molecule has 7 heteroatoms. The molecule has 0 radical (unpaired) electrons. The molecule has 2 unspecified atom stereocenters. The summed E-state index contributed by atoms with van der Waals surface area (Å²) in [6, 6.07) is -2.05. The second-order valence-corrected chi connectivity index (χ2v) is 4.99. The van der Waals surface area contributed by atoms with Crippen LogP contribution in [0.2, 0.25) is 0 Å². The number of carbonyl (C=O) groups excluding carboxylic acids is 1. The summed E-state index contributed by atoms with van der Waals surface area (Å²) >= 11 is 0. The number of nitro groups is 1. The van der Waals surface area contributed by atoms with Crippen LogP contribution in [0, 0.1) is 15.0 Å². The highest BCUT2D eigenvalue weighted by atomic mass is 16.6. The van der Waals surface area contributed by atoms with Crippen molar-refractivity contribution in [3.8, 4) is 0 Å². The van der Waals surface area contributed by atoms with E-state index in [0.717, 1.165) is 19.3 Å². The first-order valence-electron chi connectivity index (χ1n) is 6.96. The maximum atomic E-state index is 12.2. The van der Waals surface area contributed by atoms with Crippen molar-refractivity contribution < 1.29 is 9.72 Å². The Kier molecular flexibility index (Phi) is 6.27. The Hall–Kier alpha value is -1.79. The minimum Gasteiger partial charge on any atom is -0.340 e. The molecule has 0 aromatic heterocycles. The van der Waals surface area contributed by atoms with Gasteiger partial charge in [0.1, 0.15) is 0 Å². The molecule has 0 saturated carbocycles. The lowest BCUT2D eigenvalue weighted by Gasteiger charge is -2.27. The van der Waals surface area contributed by atoms with Crippen LogP contribution in [0.15, 0.2) is 16.8 Å². The fraction of sp³-hybridized carbons (Fsp3) is 0.769. The smallest absolute Gasteiger partial charge is 0.255 e. The molecule has 1 saturated heterocycles. The van der Waals surface area contributed by atoms with E-state index in [4.69, 9.17) is 0 Å². The largest absolute Gasteiger partial charge is 0.340 e. The zero-order chi connectivity index (χ0) is 15.1. The molecular weight excluding hydrogens is 262 g/mol. The van der Waals surface area contributed by atoms with E-state index in [0.29, 0.717) is 25.1 Å². The van der Waals surface area contributed by atoms with Crippen LogP contribution in [-0.4, -0.2) is 40.9 Å². The number of piperidine rings is 1. The first-order chi connectivity index (χ1) is 9.51. The Morgan fingerprint density at radius 2 is 2.00 bits per heavy atom. The van der Waals surface area contributed by atoms with Gasteiger partial charge in [-0.25, -0.2) is 0 Å². The molecule has 0 spiro atoms. The standard InChI is InChI=1S/C13H21N3O4/c1-3-11(10(2)16(19)20)9-12(14-18)13(17)15-7-5-4-6-8-15/h9-10,12H,3-8H2,1-2H3. The maximum absolute atomic E-state index is 12.2. The number of likely N-dealkylation sites (tertiary alicyclic amines) is 1. The summed E-state index contributed by atoms with van der Waals surface area (Å²) in [6.45, 7) is 4.47. The van der Waals surface area contributed by atoms with Crippen molar-refractivity contribution in [2.24, 2.45) is 5.18 Å². The van der Waals surface area contributed by atoms with Gasteiger partial charge in [0.05, 0.1) is 0 Å². The van der Waals surface area contributed by atoms with Gasteiger partial charge in [0.2, 0.25) is 6.04 Å². The summed E-state index contributed by atoms with van der Waals surface area (Å²) in [6.07, 6.45) is 4.70. The molecule has 7 nitrogen and oxygen atoms in total. The van der Waals surface area contributed by atoms with Crippen LogP contribution in [0.3, 0.4) is 0 Å². The van der Waals surface area contributed by atoms with Gasteiger partial charge in [0, 0.05) is 30.5 Å². The van der Waals surface area contributed by atoms with E-state index in [-0.39, 0.29) is 5.91 Å². The molecule has 1 fully saturated rings. The van der Waals surface area contributed by atoms with E-state index in [9.17, 15) is 19.8 Å². The topological polar surface area (TPSA) is 92.9 Å². The molecule has 1 amide bonds. The van der Waals surface area contributed by atoms with Crippen LogP contribution in [0.5, 0.6) is 0 Å². The second kappa shape index (κ2) is 7.72. The summed E-state index contributed by atoms with van der Waals surface area (Å²) < 4.78 is 0. The molecule has 1 aliphatic heterocycles. The molecular formula is C13H21N3O4. The number of carbonyl (C=O) groups is 1. The van der Waals surface area contributed by atoms with E-state index in [1.54, 1.807) is 11.8 Å². The van der Waals surface area contributed by atoms with Crippen LogP contribution in [-0.2, 0) is 4.79 Å². The number of nitrogens with zero attached hydrogens (tertiary/aromatic N) is 3. The van der Waals surface area contributed by atoms with Crippen LogP contribution in [0.4, 0.5) is 0 Å². The number of rotatable bonds is 6. The van der Waals surface area contributed by atoms with Crippen molar-refractivity contribution in [3.63, 3.8) is 0 Å². The molecule has 0 bridgehead atoms. The average Bonchev–Trinajstić information content (AvgIpc) is 2.48. The van der Waals surface area contributed by atoms with E-state index in [1.165, 1.54) is 13.0 Å². The number of nitroso groups, excluding NO2 is 1. The lowest BCUT2D eigenvalue weighted by atomic mass is 10.0. The van der Waals surface area contributed by atoms with Crippen molar-refractivity contribution >= 4 is 5.91 Å². The van der Waals surface area contributed by atoms with Gasteiger partial charge in [-0.2, -0.15) is 0 Å². The van der Waals surface area contributed by atoms with Crippen LogP contribution >= 0.6 is 0 Å². The SMILES string of the molecule is CCC(=CC(N=O)C(=O)N1CCCCC1)C(C)[N+](=O)[O-]. The predicted molar refractivity (Wildman–Crippen MR) is 74.8 cm³/mol. The summed E-state index contributed by atoms with van der Waals surface area (Å²) in [4.78, 5) is 35.1. The van der Waals surface area contributed by atoms with Gasteiger partial charge in [0.25, 0.3) is 5.91 Å². The minimum absolute atomic E-state index is 0.346. The van der Waals surface area contributed by atoms with Gasteiger partial charge < -0.3 is 4.90 Å². The molecule has 1 rings (SSSR count). The quantitative estimate of drug-likeness (QED) is 0.323. The summed E-state index contributed by atoms with van der Waals surface area (Å²) in [5, 5.41) is 13.7. The Labute approximate surface area is 118 Å². The summed E-state index contributed by atoms with van der Waals surface area (Å²) in [7, 11) is 0. The fourth-order valence-corrected chi connectivity index (χ4v) is 2.34. The highest BCUT2D eigenvalue weighted by Gasteiger charge is 2.27. The highest BCUT2D eigenvalue weighted by molar-refractivity contribution is 5.84. The normalized spacial score (nSPS) is 19.3. The van der Waals surface area contributed by atoms with Gasteiger partial charge >= 0.3 is 0 Å². The highest BCUT2D eigenvalue weighted by Crippen LogP contribution is 2.16. The van der Waals surface area contributed by atoms with Crippen molar-refractivity contribution in [1.29, 1.82) is 0 Å². The van der Waals surface area contributed by atoms with Gasteiger partial charge in [-0.1, -0.05) is 12.1 Å². The molecule has 0 aromatic rings. The van der Waals surface area contributed by atoms with Gasteiger partial charge in [0.15, 0.2) is 6.04 Å². The van der Waals surface area contributed by atoms with E-state index in [2.05, 4.69) is 5.18 Å². The Morgan fingerprint density at radius 3 is 2.45 bits per heavy atom. The fourth-order valence-electron chi connectivity index (χ4n) is 2.34. The Bertz CT molecular complexity index is 402. The van der Waals surface area contributed by atoms with Crippen molar-refractivity contribution in [2.75, 3.05) is 13.1 Å². The van der Waals surface area contributed by atoms with Crippen LogP contribution < -0.4 is 0 Å². The maximum Gasteiger partial charge on any atom is 0.255 e. The molecule has 1 heterocycles. The minimum atomic E-state index is -1.15. The molecule has 0 aliphatic carbocycles. The molecule has 20 heavy (non-hydrogen) atoms. The lowest BCUT2D eigenvalue weighted by Crippen LogP contribution is -2.41. The first kappa shape index (κ1) is 16.3. The lowest BCUT2D eigenvalue weighted by molar-refractivity contribution is -0.508. The van der Waals surface area contributed by atoms with Crippen molar-refractivity contribution in [2.45, 2.75) is 51.6 Å². The van der Waals surface area contributed by atoms with Crippen LogP contribution in [0.25, 0.3) is 0 Å². The van der Waals surface area contributed by atoms with Gasteiger partial charge in [-0.05, 0) is 31.8 Å². The number of hydrogen-bond donors (Lipinski definition) is 0. The third-order valence-corrected chi connectivity index (χ3v) is 3.67. The Balaban J connectivity index is 2.85. The predicted octanol–water partition coefficient (Wildman–Crippen LogP) is 2.14. The summed E-state index contributed by atoms with van der Waals surface area (Å²) in [5.41, 5.74) is 0.463. The first-order valence-corrected chi connectivity index (χ1v) is 6.96. The van der Waals surface area contributed by atoms with Gasteiger partial charge in [-0.15, -0.1) is 4.91 Å². The second-order valence-electron chi connectivity index (χ2n) is 4.99. The number of hydrogen-bond acceptors (Lipinski definition) is 5. The zero-order valence-electron chi connectivity index (χ0n) is 11.9. The molecule has 0 aromatic carbocycles. The Morgan fingerprint density at radius 1 is 1.40 bits per heavy atom. The zero-order valence-corrected chi connectivity index (χ0v) is 11.9. The summed E-state index contributed by atoms with van der Waals surface area (Å²) in [5.74, 6) is -0.346. The molecule has 112 valence electrons. The monoisotopic (exact) mass is 283 g/mol. The molecule has 0 N–H and O–H groups in total. The average molecular weight is 283 g/mol. The van der Waals surface area contributed by atoms with Crippen molar-refractivity contribution in [1.82, 2.24) is 4.90 Å². The van der Waals surface area contributed by atoms with Gasteiger partial charge in [-0.3, -0.25) is 14.9 Å². The number of amides is 1. The molecule has 1 aliphatic rings. The van der Waals surface area contributed by atoms with E-state index >= 15 is 0 Å². The van der Waals surface area contributed by atoms with Crippen LogP contribution in [0.1, 0.15) is 39.5 Å². The third-order valence-electron chi connectivity index (χ3n) is 3.67. The van der Waals surface area contributed by atoms with Crippen molar-refractivity contribution in [3.05, 3.63) is 26.7 Å². The van der Waals surface area contributed by atoms with E-state index < -0.39 is 17.0 Å². The van der Waals surface area contributed by atoms with E-state index in [1.807, 2.05) is 0 Å².